The van der Waals surface area contributed by atoms with Crippen LogP contribution in [0.2, 0.25) is 0 Å². The number of carbonyl (C=O) groups excluding carboxylic acids is 1. The molecular weight excluding hydrogens is 286 g/mol. The first-order valence-corrected chi connectivity index (χ1v) is 6.99. The summed E-state index contributed by atoms with van der Waals surface area (Å²) in [5.74, 6) is -0.668. The number of hydrogen-bond donors (Lipinski definition) is 1. The SMILES string of the molecule is C=CCOC(=O)N1CC[C@@H](c2cccc(OC)c2)[C@@H]1C(=O)O. The Morgan fingerprint density at radius 2 is 2.27 bits per heavy atom. The van der Waals surface area contributed by atoms with Crippen LogP contribution in [0.25, 0.3) is 0 Å². The molecule has 1 heterocycles. The minimum atomic E-state index is -1.04. The molecule has 0 aliphatic carbocycles. The number of amides is 1. The van der Waals surface area contributed by atoms with Gasteiger partial charge in [-0.15, -0.1) is 0 Å². The summed E-state index contributed by atoms with van der Waals surface area (Å²) in [6.07, 6.45) is 1.38. The van der Waals surface area contributed by atoms with E-state index in [0.29, 0.717) is 18.7 Å². The molecule has 0 saturated carbocycles. The quantitative estimate of drug-likeness (QED) is 0.844. The number of aliphatic carboxylic acids is 1. The molecule has 0 spiro atoms. The maximum Gasteiger partial charge on any atom is 0.410 e. The predicted octanol–water partition coefficient (Wildman–Crippen LogP) is 2.26. The van der Waals surface area contributed by atoms with Gasteiger partial charge in [-0.05, 0) is 24.1 Å². The predicted molar refractivity (Wildman–Crippen MR) is 80.0 cm³/mol. The number of ether oxygens (including phenoxy) is 2. The summed E-state index contributed by atoms with van der Waals surface area (Å²) >= 11 is 0. The molecule has 2 rings (SSSR count). The van der Waals surface area contributed by atoms with Crippen LogP contribution in [0.1, 0.15) is 17.9 Å². The highest BCUT2D eigenvalue weighted by molar-refractivity contribution is 5.82. The molecule has 1 aliphatic heterocycles. The lowest BCUT2D eigenvalue weighted by Gasteiger charge is -2.24. The number of methoxy groups -OCH3 is 1. The van der Waals surface area contributed by atoms with E-state index in [1.165, 1.54) is 11.0 Å². The highest BCUT2D eigenvalue weighted by Crippen LogP contribution is 2.35. The third-order valence-electron chi connectivity index (χ3n) is 3.73. The third kappa shape index (κ3) is 3.21. The topological polar surface area (TPSA) is 76.1 Å². The molecular formula is C16H19NO5. The van der Waals surface area contributed by atoms with Crippen molar-refractivity contribution >= 4 is 12.1 Å². The lowest BCUT2D eigenvalue weighted by atomic mass is 9.91. The van der Waals surface area contributed by atoms with Gasteiger partial charge in [-0.1, -0.05) is 24.8 Å². The first-order valence-electron chi connectivity index (χ1n) is 6.99. The van der Waals surface area contributed by atoms with Crippen molar-refractivity contribution in [1.82, 2.24) is 4.90 Å². The molecule has 2 atom stereocenters. The summed E-state index contributed by atoms with van der Waals surface area (Å²) in [5.41, 5.74) is 0.839. The first kappa shape index (κ1) is 15.9. The van der Waals surface area contributed by atoms with E-state index in [9.17, 15) is 14.7 Å². The van der Waals surface area contributed by atoms with Gasteiger partial charge in [0.15, 0.2) is 0 Å². The monoisotopic (exact) mass is 305 g/mol. The second kappa shape index (κ2) is 6.98. The number of nitrogens with zero attached hydrogens (tertiary/aromatic N) is 1. The van der Waals surface area contributed by atoms with E-state index in [4.69, 9.17) is 9.47 Å². The minimum absolute atomic E-state index is 0.0610. The Balaban J connectivity index is 2.23. The zero-order valence-electron chi connectivity index (χ0n) is 12.4. The first-order chi connectivity index (χ1) is 10.6. The zero-order chi connectivity index (χ0) is 16.1. The van der Waals surface area contributed by atoms with E-state index >= 15 is 0 Å². The van der Waals surface area contributed by atoms with E-state index in [1.54, 1.807) is 19.2 Å². The molecule has 0 radical (unpaired) electrons. The maximum atomic E-state index is 12.0. The van der Waals surface area contributed by atoms with E-state index in [1.807, 2.05) is 12.1 Å². The van der Waals surface area contributed by atoms with Crippen LogP contribution in [-0.4, -0.2) is 48.4 Å². The number of rotatable bonds is 5. The molecule has 1 aromatic carbocycles. The molecule has 6 nitrogen and oxygen atoms in total. The van der Waals surface area contributed by atoms with Crippen molar-refractivity contribution in [2.24, 2.45) is 0 Å². The summed E-state index contributed by atoms with van der Waals surface area (Å²) in [7, 11) is 1.56. The van der Waals surface area contributed by atoms with Gasteiger partial charge in [0, 0.05) is 12.5 Å². The van der Waals surface area contributed by atoms with Gasteiger partial charge in [0.1, 0.15) is 18.4 Å². The fraction of sp³-hybridized carbons (Fsp3) is 0.375. The Hall–Kier alpha value is -2.50. The van der Waals surface area contributed by atoms with Gasteiger partial charge in [-0.2, -0.15) is 0 Å². The Kier molecular flexibility index (Phi) is 5.04. The molecule has 118 valence electrons. The Morgan fingerprint density at radius 3 is 2.91 bits per heavy atom. The largest absolute Gasteiger partial charge is 0.497 e. The normalized spacial score (nSPS) is 20.5. The average Bonchev–Trinajstić information content (AvgIpc) is 2.98. The molecule has 0 unspecified atom stereocenters. The summed E-state index contributed by atoms with van der Waals surface area (Å²) < 4.78 is 10.1. The van der Waals surface area contributed by atoms with Crippen LogP contribution in [0.15, 0.2) is 36.9 Å². The van der Waals surface area contributed by atoms with Crippen LogP contribution in [0.5, 0.6) is 5.75 Å². The van der Waals surface area contributed by atoms with Gasteiger partial charge < -0.3 is 14.6 Å². The summed E-state index contributed by atoms with van der Waals surface area (Å²) in [4.78, 5) is 24.9. The second-order valence-electron chi connectivity index (χ2n) is 5.01. The van der Waals surface area contributed by atoms with Gasteiger partial charge in [0.2, 0.25) is 0 Å². The van der Waals surface area contributed by atoms with Gasteiger partial charge >= 0.3 is 12.1 Å². The molecule has 1 saturated heterocycles. The highest BCUT2D eigenvalue weighted by atomic mass is 16.6. The van der Waals surface area contributed by atoms with Crippen LogP contribution in [0.3, 0.4) is 0 Å². The molecule has 0 aromatic heterocycles. The fourth-order valence-corrected chi connectivity index (χ4v) is 2.74. The molecule has 0 bridgehead atoms. The maximum absolute atomic E-state index is 12.0. The van der Waals surface area contributed by atoms with Crippen molar-refractivity contribution in [3.05, 3.63) is 42.5 Å². The van der Waals surface area contributed by atoms with Crippen molar-refractivity contribution in [2.75, 3.05) is 20.3 Å². The van der Waals surface area contributed by atoms with Crippen LogP contribution in [0, 0.1) is 0 Å². The smallest absolute Gasteiger partial charge is 0.410 e. The third-order valence-corrected chi connectivity index (χ3v) is 3.73. The van der Waals surface area contributed by atoms with Gasteiger partial charge in [0.25, 0.3) is 0 Å². The molecule has 6 heteroatoms. The van der Waals surface area contributed by atoms with Crippen molar-refractivity contribution in [3.8, 4) is 5.75 Å². The van der Waals surface area contributed by atoms with Crippen LogP contribution < -0.4 is 4.74 Å². The fourth-order valence-electron chi connectivity index (χ4n) is 2.74. The molecule has 1 amide bonds. The van der Waals surface area contributed by atoms with E-state index in [0.717, 1.165) is 5.56 Å². The lowest BCUT2D eigenvalue weighted by molar-refractivity contribution is -0.142. The van der Waals surface area contributed by atoms with Crippen molar-refractivity contribution in [1.29, 1.82) is 0 Å². The van der Waals surface area contributed by atoms with Crippen molar-refractivity contribution < 1.29 is 24.2 Å². The van der Waals surface area contributed by atoms with Crippen molar-refractivity contribution in [3.63, 3.8) is 0 Å². The molecule has 1 aliphatic rings. The zero-order valence-corrected chi connectivity index (χ0v) is 12.4. The number of hydrogen-bond acceptors (Lipinski definition) is 4. The van der Waals surface area contributed by atoms with E-state index in [2.05, 4.69) is 6.58 Å². The molecule has 22 heavy (non-hydrogen) atoms. The Labute approximate surface area is 128 Å². The number of benzene rings is 1. The van der Waals surface area contributed by atoms with E-state index < -0.39 is 18.1 Å². The Morgan fingerprint density at radius 1 is 1.50 bits per heavy atom. The lowest BCUT2D eigenvalue weighted by Crippen LogP contribution is -2.43. The number of carbonyl (C=O) groups is 2. The molecule has 1 aromatic rings. The van der Waals surface area contributed by atoms with Gasteiger partial charge in [-0.25, -0.2) is 9.59 Å². The average molecular weight is 305 g/mol. The van der Waals surface area contributed by atoms with Crippen LogP contribution in [-0.2, 0) is 9.53 Å². The molecule has 1 fully saturated rings. The van der Waals surface area contributed by atoms with Crippen molar-refractivity contribution in [2.45, 2.75) is 18.4 Å². The summed E-state index contributed by atoms with van der Waals surface area (Å²) in [6.45, 7) is 3.87. The Bertz CT molecular complexity index is 571. The number of likely N-dealkylation sites (tertiary alicyclic amines) is 1. The number of carboxylic acid groups (broad SMARTS) is 1. The minimum Gasteiger partial charge on any atom is -0.497 e. The van der Waals surface area contributed by atoms with Crippen LogP contribution in [0.4, 0.5) is 4.79 Å². The second-order valence-corrected chi connectivity index (χ2v) is 5.01. The van der Waals surface area contributed by atoms with E-state index in [-0.39, 0.29) is 12.5 Å². The van der Waals surface area contributed by atoms with Gasteiger partial charge in [0.05, 0.1) is 7.11 Å². The summed E-state index contributed by atoms with van der Waals surface area (Å²) in [5, 5.41) is 9.52. The highest BCUT2D eigenvalue weighted by Gasteiger charge is 2.43. The molecule has 1 N–H and O–H groups in total. The standard InChI is InChI=1S/C16H19NO5/c1-3-9-22-16(20)17-8-7-13(14(17)15(18)19)11-5-4-6-12(10-11)21-2/h3-6,10,13-14H,1,7-9H2,2H3,(H,18,19)/t13-,14+/m0/s1. The van der Waals surface area contributed by atoms with Gasteiger partial charge in [-0.3, -0.25) is 4.90 Å². The summed E-state index contributed by atoms with van der Waals surface area (Å²) in [6, 6.07) is 6.32. The number of carboxylic acids is 1. The van der Waals surface area contributed by atoms with Crippen LogP contribution >= 0.6 is 0 Å².